The van der Waals surface area contributed by atoms with Gasteiger partial charge < -0.3 is 14.9 Å². The van der Waals surface area contributed by atoms with E-state index in [1.54, 1.807) is 0 Å². The Kier molecular flexibility index (Phi) is 5.55. The van der Waals surface area contributed by atoms with Crippen molar-refractivity contribution >= 4 is 23.5 Å². The summed E-state index contributed by atoms with van der Waals surface area (Å²) >= 11 is 0. The first-order chi connectivity index (χ1) is 10.6. The van der Waals surface area contributed by atoms with Gasteiger partial charge in [-0.3, -0.25) is 19.3 Å². The smallest absolute Gasteiger partial charge is 0.471 e. The van der Waals surface area contributed by atoms with Crippen LogP contribution in [0, 0.1) is 0 Å². The molecule has 1 aromatic rings. The number of alkyl halides is 3. The van der Waals surface area contributed by atoms with Gasteiger partial charge in [-0.15, -0.1) is 0 Å². The van der Waals surface area contributed by atoms with Crippen LogP contribution in [0.15, 0.2) is 18.2 Å². The molecule has 1 rings (SSSR count). The molecule has 0 radical (unpaired) electrons. The minimum absolute atomic E-state index is 0.0277. The van der Waals surface area contributed by atoms with Crippen molar-refractivity contribution in [2.24, 2.45) is 0 Å². The molecule has 0 bridgehead atoms. The zero-order valence-electron chi connectivity index (χ0n) is 11.8. The highest BCUT2D eigenvalue weighted by Crippen LogP contribution is 2.29. The highest BCUT2D eigenvalue weighted by Gasteiger charge is 2.44. The molecule has 1 amide bonds. The third kappa shape index (κ3) is 4.87. The fraction of sp³-hybridized carbons (Fsp3) is 0.308. The molecule has 0 unspecified atom stereocenters. The topological polar surface area (TPSA) is 104 Å². The lowest BCUT2D eigenvalue weighted by molar-refractivity contribution is -0.171. The number of hydrogen-bond acceptors (Lipinski definition) is 4. The van der Waals surface area contributed by atoms with Crippen LogP contribution < -0.4 is 9.64 Å². The number of benzene rings is 1. The molecular weight excluding hydrogens is 323 g/mol. The molecule has 0 aliphatic rings. The lowest BCUT2D eigenvalue weighted by Crippen LogP contribution is -2.44. The van der Waals surface area contributed by atoms with Crippen molar-refractivity contribution in [1.82, 2.24) is 0 Å². The normalized spacial score (nSPS) is 11.0. The Labute approximate surface area is 127 Å². The molecular formula is C13H12F3NO6. The van der Waals surface area contributed by atoms with Crippen molar-refractivity contribution in [3.63, 3.8) is 0 Å². The summed E-state index contributed by atoms with van der Waals surface area (Å²) in [7, 11) is 1.26. The van der Waals surface area contributed by atoms with E-state index in [0.717, 1.165) is 12.1 Å². The van der Waals surface area contributed by atoms with Gasteiger partial charge in [-0.2, -0.15) is 13.2 Å². The van der Waals surface area contributed by atoms with Gasteiger partial charge >= 0.3 is 24.0 Å². The average molecular weight is 335 g/mol. The van der Waals surface area contributed by atoms with Crippen LogP contribution in [0.3, 0.4) is 0 Å². The first kappa shape index (κ1) is 18.3. The second kappa shape index (κ2) is 6.99. The van der Waals surface area contributed by atoms with E-state index in [0.29, 0.717) is 0 Å². The molecule has 23 heavy (non-hydrogen) atoms. The largest absolute Gasteiger partial charge is 0.497 e. The van der Waals surface area contributed by atoms with Crippen LogP contribution in [0.25, 0.3) is 0 Å². The second-order valence-corrected chi connectivity index (χ2v) is 4.35. The number of carboxylic acids is 2. The van der Waals surface area contributed by atoms with Gasteiger partial charge in [0, 0.05) is 5.69 Å². The zero-order chi connectivity index (χ0) is 17.8. The van der Waals surface area contributed by atoms with Gasteiger partial charge in [-0.25, -0.2) is 0 Å². The van der Waals surface area contributed by atoms with E-state index in [-0.39, 0.29) is 16.2 Å². The first-order valence-corrected chi connectivity index (χ1v) is 6.05. The van der Waals surface area contributed by atoms with Crippen LogP contribution in [0.5, 0.6) is 5.75 Å². The van der Waals surface area contributed by atoms with Gasteiger partial charge in [0.15, 0.2) is 0 Å². The number of aliphatic carboxylic acids is 2. The van der Waals surface area contributed by atoms with Gasteiger partial charge in [0.1, 0.15) is 12.3 Å². The lowest BCUT2D eigenvalue weighted by atomic mass is 10.1. The summed E-state index contributed by atoms with van der Waals surface area (Å²) in [6.07, 6.45) is -6.02. The van der Waals surface area contributed by atoms with Crippen LogP contribution in [-0.4, -0.2) is 47.9 Å². The molecule has 2 N–H and O–H groups in total. The number of anilines is 1. The molecule has 0 spiro atoms. The number of carboxylic acid groups (broad SMARTS) is 2. The Bertz CT molecular complexity index is 629. The monoisotopic (exact) mass is 335 g/mol. The Morgan fingerprint density at radius 2 is 1.78 bits per heavy atom. The molecule has 7 nitrogen and oxygen atoms in total. The minimum Gasteiger partial charge on any atom is -0.497 e. The lowest BCUT2D eigenvalue weighted by Gasteiger charge is -2.24. The van der Waals surface area contributed by atoms with Gasteiger partial charge in [0.25, 0.3) is 0 Å². The van der Waals surface area contributed by atoms with Gasteiger partial charge in [-0.05, 0) is 23.8 Å². The summed E-state index contributed by atoms with van der Waals surface area (Å²) in [6, 6.07) is 3.32. The van der Waals surface area contributed by atoms with Crippen molar-refractivity contribution in [1.29, 1.82) is 0 Å². The SMILES string of the molecule is COc1ccc(N(CC(=O)O)C(=O)C(F)(F)F)c(CC(=O)O)c1. The molecule has 0 saturated heterocycles. The molecule has 10 heteroatoms. The number of amides is 1. The van der Waals surface area contributed by atoms with E-state index < -0.39 is 42.7 Å². The summed E-state index contributed by atoms with van der Waals surface area (Å²) in [4.78, 5) is 33.0. The molecule has 0 fully saturated rings. The zero-order valence-corrected chi connectivity index (χ0v) is 11.8. The maximum Gasteiger partial charge on any atom is 0.471 e. The number of carbonyl (C=O) groups is 3. The highest BCUT2D eigenvalue weighted by molar-refractivity contribution is 6.01. The van der Waals surface area contributed by atoms with Crippen molar-refractivity contribution in [3.8, 4) is 5.75 Å². The number of ether oxygens (including phenoxy) is 1. The summed E-state index contributed by atoms with van der Waals surface area (Å²) < 4.78 is 42.8. The molecule has 1 aromatic carbocycles. The first-order valence-electron chi connectivity index (χ1n) is 6.05. The third-order valence-electron chi connectivity index (χ3n) is 2.70. The van der Waals surface area contributed by atoms with E-state index in [1.165, 1.54) is 13.2 Å². The van der Waals surface area contributed by atoms with Crippen LogP contribution in [0.4, 0.5) is 18.9 Å². The summed E-state index contributed by atoms with van der Waals surface area (Å²) in [5.74, 6) is -5.30. The van der Waals surface area contributed by atoms with Crippen molar-refractivity contribution in [2.45, 2.75) is 12.6 Å². The van der Waals surface area contributed by atoms with E-state index >= 15 is 0 Å². The van der Waals surface area contributed by atoms with Gasteiger partial charge in [0.2, 0.25) is 0 Å². The van der Waals surface area contributed by atoms with Gasteiger partial charge in [0.05, 0.1) is 13.5 Å². The summed E-state index contributed by atoms with van der Waals surface area (Å²) in [5.41, 5.74) is -0.645. The predicted molar refractivity (Wildman–Crippen MR) is 70.4 cm³/mol. The fourth-order valence-electron chi connectivity index (χ4n) is 1.81. The molecule has 0 aromatic heterocycles. The number of carbonyl (C=O) groups excluding carboxylic acids is 1. The fourth-order valence-corrected chi connectivity index (χ4v) is 1.81. The quantitative estimate of drug-likeness (QED) is 0.812. The van der Waals surface area contributed by atoms with E-state index in [2.05, 4.69) is 0 Å². The van der Waals surface area contributed by atoms with Crippen molar-refractivity contribution in [2.75, 3.05) is 18.6 Å². The number of nitrogens with zero attached hydrogens (tertiary/aromatic N) is 1. The third-order valence-corrected chi connectivity index (χ3v) is 2.70. The van der Waals surface area contributed by atoms with Crippen LogP contribution in [-0.2, 0) is 20.8 Å². The summed E-state index contributed by atoms with van der Waals surface area (Å²) in [5, 5.41) is 17.6. The number of halogens is 3. The van der Waals surface area contributed by atoms with E-state index in [1.807, 2.05) is 0 Å². The maximum absolute atomic E-state index is 12.6. The molecule has 0 aliphatic heterocycles. The van der Waals surface area contributed by atoms with Crippen LogP contribution in [0.2, 0.25) is 0 Å². The number of methoxy groups -OCH3 is 1. The predicted octanol–water partition coefficient (Wildman–Crippen LogP) is 1.30. The Balaban J connectivity index is 3.42. The van der Waals surface area contributed by atoms with Crippen LogP contribution >= 0.6 is 0 Å². The second-order valence-electron chi connectivity index (χ2n) is 4.35. The van der Waals surface area contributed by atoms with Gasteiger partial charge in [-0.1, -0.05) is 0 Å². The standard InChI is InChI=1S/C13H12F3NO6/c1-23-8-2-3-9(7(4-8)5-10(18)19)17(6-11(20)21)12(22)13(14,15)16/h2-4H,5-6H2,1H3,(H,18,19)(H,20,21). The molecule has 0 atom stereocenters. The summed E-state index contributed by atoms with van der Waals surface area (Å²) in [6.45, 7) is -1.27. The Morgan fingerprint density at radius 3 is 2.22 bits per heavy atom. The van der Waals surface area contributed by atoms with Crippen molar-refractivity contribution < 1.29 is 42.5 Å². The van der Waals surface area contributed by atoms with Crippen LogP contribution in [0.1, 0.15) is 5.56 Å². The maximum atomic E-state index is 12.6. The highest BCUT2D eigenvalue weighted by atomic mass is 19.4. The molecule has 0 saturated carbocycles. The molecule has 0 aliphatic carbocycles. The van der Waals surface area contributed by atoms with E-state index in [9.17, 15) is 27.6 Å². The minimum atomic E-state index is -5.31. The van der Waals surface area contributed by atoms with E-state index in [4.69, 9.17) is 14.9 Å². The number of rotatable bonds is 6. The Morgan fingerprint density at radius 1 is 1.17 bits per heavy atom. The Hall–Kier alpha value is -2.78. The number of hydrogen-bond donors (Lipinski definition) is 2. The van der Waals surface area contributed by atoms with Crippen molar-refractivity contribution in [3.05, 3.63) is 23.8 Å². The average Bonchev–Trinajstić information content (AvgIpc) is 2.42. The molecule has 0 heterocycles. The molecule has 126 valence electrons.